The summed E-state index contributed by atoms with van der Waals surface area (Å²) in [5, 5.41) is 0. The van der Waals surface area contributed by atoms with Crippen molar-refractivity contribution >= 4 is 0 Å². The van der Waals surface area contributed by atoms with Crippen LogP contribution >= 0.6 is 0 Å². The monoisotopic (exact) mass is 370 g/mol. The maximum atomic E-state index is 13.2. The van der Waals surface area contributed by atoms with Crippen LogP contribution in [0.5, 0.6) is 5.75 Å². The standard InChI is InChI=1S/C23H24F2O2/c1-26-15-19-4-6-20(7-5-19)16-27-21-11-8-17(9-12-21)2-3-18-10-13-22(24)23(25)14-18/h8-14,19-20H,4-7,15-16H2,1H3. The molecule has 0 aliphatic heterocycles. The van der Waals surface area contributed by atoms with E-state index in [0.717, 1.165) is 36.7 Å². The molecular formula is C23H24F2O2. The maximum Gasteiger partial charge on any atom is 0.160 e. The first-order chi connectivity index (χ1) is 13.1. The molecule has 2 aromatic carbocycles. The second kappa shape index (κ2) is 9.53. The SMILES string of the molecule is COCC1CCC(COc2ccc(C#Cc3ccc(F)c(F)c3)cc2)CC1. The summed E-state index contributed by atoms with van der Waals surface area (Å²) in [6, 6.07) is 11.2. The molecule has 1 fully saturated rings. The minimum Gasteiger partial charge on any atom is -0.493 e. The molecular weight excluding hydrogens is 346 g/mol. The summed E-state index contributed by atoms with van der Waals surface area (Å²) in [5.74, 6) is 6.16. The molecule has 2 aromatic rings. The molecule has 0 aromatic heterocycles. The Morgan fingerprint density at radius 2 is 1.41 bits per heavy atom. The zero-order valence-corrected chi connectivity index (χ0v) is 15.5. The largest absolute Gasteiger partial charge is 0.493 e. The van der Waals surface area contributed by atoms with Gasteiger partial charge in [-0.3, -0.25) is 0 Å². The van der Waals surface area contributed by atoms with Crippen molar-refractivity contribution in [2.75, 3.05) is 20.3 Å². The number of hydrogen-bond donors (Lipinski definition) is 0. The van der Waals surface area contributed by atoms with Crippen molar-refractivity contribution in [2.24, 2.45) is 11.8 Å². The highest BCUT2D eigenvalue weighted by Crippen LogP contribution is 2.29. The van der Waals surface area contributed by atoms with Crippen LogP contribution in [0.4, 0.5) is 8.78 Å². The summed E-state index contributed by atoms with van der Waals surface area (Å²) in [6.45, 7) is 1.60. The van der Waals surface area contributed by atoms with Gasteiger partial charge in [0, 0.05) is 24.8 Å². The predicted molar refractivity (Wildman–Crippen MR) is 102 cm³/mol. The van der Waals surface area contributed by atoms with Crippen LogP contribution in [0.25, 0.3) is 0 Å². The molecule has 0 bridgehead atoms. The topological polar surface area (TPSA) is 18.5 Å². The molecule has 0 amide bonds. The second-order valence-electron chi connectivity index (χ2n) is 7.06. The van der Waals surface area contributed by atoms with Gasteiger partial charge in [0.05, 0.1) is 6.61 Å². The van der Waals surface area contributed by atoms with Crippen molar-refractivity contribution < 1.29 is 18.3 Å². The van der Waals surface area contributed by atoms with E-state index in [2.05, 4.69) is 11.8 Å². The van der Waals surface area contributed by atoms with Crippen LogP contribution in [-0.2, 0) is 4.74 Å². The fourth-order valence-corrected chi connectivity index (χ4v) is 3.37. The molecule has 3 rings (SSSR count). The molecule has 0 atom stereocenters. The fourth-order valence-electron chi connectivity index (χ4n) is 3.37. The maximum absolute atomic E-state index is 13.2. The summed E-state index contributed by atoms with van der Waals surface area (Å²) >= 11 is 0. The summed E-state index contributed by atoms with van der Waals surface area (Å²) < 4.78 is 37.3. The molecule has 0 unspecified atom stereocenters. The Morgan fingerprint density at radius 3 is 2.04 bits per heavy atom. The van der Waals surface area contributed by atoms with Crippen LogP contribution in [0.1, 0.15) is 36.8 Å². The lowest BCUT2D eigenvalue weighted by molar-refractivity contribution is 0.106. The number of rotatable bonds is 5. The van der Waals surface area contributed by atoms with Crippen LogP contribution in [0.3, 0.4) is 0 Å². The quantitative estimate of drug-likeness (QED) is 0.674. The number of halogens is 2. The van der Waals surface area contributed by atoms with Gasteiger partial charge in [0.1, 0.15) is 5.75 Å². The number of benzene rings is 2. The van der Waals surface area contributed by atoms with Crippen LogP contribution in [0.2, 0.25) is 0 Å². The first-order valence-electron chi connectivity index (χ1n) is 9.33. The highest BCUT2D eigenvalue weighted by atomic mass is 19.2. The number of methoxy groups -OCH3 is 1. The third kappa shape index (κ3) is 5.80. The van der Waals surface area contributed by atoms with E-state index in [0.29, 0.717) is 17.4 Å². The lowest BCUT2D eigenvalue weighted by atomic mass is 9.83. The third-order valence-electron chi connectivity index (χ3n) is 4.98. The predicted octanol–water partition coefficient (Wildman–Crippen LogP) is 5.20. The molecule has 27 heavy (non-hydrogen) atoms. The van der Waals surface area contributed by atoms with Crippen molar-refractivity contribution in [2.45, 2.75) is 25.7 Å². The van der Waals surface area contributed by atoms with E-state index < -0.39 is 11.6 Å². The van der Waals surface area contributed by atoms with Gasteiger partial charge in [0.25, 0.3) is 0 Å². The molecule has 0 radical (unpaired) electrons. The van der Waals surface area contributed by atoms with Gasteiger partial charge in [-0.15, -0.1) is 0 Å². The fraction of sp³-hybridized carbons (Fsp3) is 0.391. The molecule has 1 aliphatic carbocycles. The first kappa shape index (κ1) is 19.4. The van der Waals surface area contributed by atoms with E-state index in [9.17, 15) is 8.78 Å². The van der Waals surface area contributed by atoms with Crippen LogP contribution in [0, 0.1) is 35.3 Å². The van der Waals surface area contributed by atoms with E-state index in [1.54, 1.807) is 7.11 Å². The van der Waals surface area contributed by atoms with Crippen molar-refractivity contribution in [3.05, 3.63) is 65.2 Å². The Kier molecular flexibility index (Phi) is 6.84. The van der Waals surface area contributed by atoms with E-state index in [-0.39, 0.29) is 0 Å². The summed E-state index contributed by atoms with van der Waals surface area (Å²) in [6.07, 6.45) is 4.79. The summed E-state index contributed by atoms with van der Waals surface area (Å²) in [4.78, 5) is 0. The molecule has 0 N–H and O–H groups in total. The molecule has 2 nitrogen and oxygen atoms in total. The average molecular weight is 370 g/mol. The Labute approximate surface area is 159 Å². The van der Waals surface area contributed by atoms with E-state index in [1.165, 1.54) is 31.7 Å². The average Bonchev–Trinajstić information content (AvgIpc) is 2.69. The van der Waals surface area contributed by atoms with Gasteiger partial charge in [-0.05, 0) is 80.0 Å². The zero-order valence-electron chi connectivity index (χ0n) is 15.5. The molecule has 0 saturated heterocycles. The zero-order chi connectivity index (χ0) is 19.1. The smallest absolute Gasteiger partial charge is 0.160 e. The Bertz CT molecular complexity index is 797. The molecule has 0 heterocycles. The van der Waals surface area contributed by atoms with Crippen molar-refractivity contribution in [3.8, 4) is 17.6 Å². The van der Waals surface area contributed by atoms with Crippen LogP contribution < -0.4 is 4.74 Å². The molecule has 1 saturated carbocycles. The van der Waals surface area contributed by atoms with Crippen molar-refractivity contribution in [1.29, 1.82) is 0 Å². The van der Waals surface area contributed by atoms with Crippen molar-refractivity contribution in [1.82, 2.24) is 0 Å². The summed E-state index contributed by atoms with van der Waals surface area (Å²) in [5.41, 5.74) is 1.24. The normalized spacial score (nSPS) is 19.2. The van der Waals surface area contributed by atoms with Gasteiger partial charge in [0.2, 0.25) is 0 Å². The number of ether oxygens (including phenoxy) is 2. The molecule has 4 heteroatoms. The van der Waals surface area contributed by atoms with Crippen molar-refractivity contribution in [3.63, 3.8) is 0 Å². The molecule has 142 valence electrons. The van der Waals surface area contributed by atoms with Gasteiger partial charge < -0.3 is 9.47 Å². The van der Waals surface area contributed by atoms with E-state index in [4.69, 9.17) is 9.47 Å². The molecule has 1 aliphatic rings. The highest BCUT2D eigenvalue weighted by Gasteiger charge is 2.21. The van der Waals surface area contributed by atoms with Gasteiger partial charge in [-0.2, -0.15) is 0 Å². The Hall–Kier alpha value is -2.38. The lowest BCUT2D eigenvalue weighted by Crippen LogP contribution is -2.22. The minimum absolute atomic E-state index is 0.443. The highest BCUT2D eigenvalue weighted by molar-refractivity contribution is 5.44. The van der Waals surface area contributed by atoms with Crippen LogP contribution in [0.15, 0.2) is 42.5 Å². The lowest BCUT2D eigenvalue weighted by Gasteiger charge is -2.27. The van der Waals surface area contributed by atoms with Gasteiger partial charge in [0.15, 0.2) is 11.6 Å². The Morgan fingerprint density at radius 1 is 0.815 bits per heavy atom. The van der Waals surface area contributed by atoms with Crippen LogP contribution in [-0.4, -0.2) is 20.3 Å². The first-order valence-corrected chi connectivity index (χ1v) is 9.33. The molecule has 0 spiro atoms. The minimum atomic E-state index is -0.887. The van der Waals surface area contributed by atoms with E-state index in [1.807, 2.05) is 24.3 Å². The number of hydrogen-bond acceptors (Lipinski definition) is 2. The Balaban J connectivity index is 1.49. The van der Waals surface area contributed by atoms with Gasteiger partial charge in [-0.1, -0.05) is 11.8 Å². The van der Waals surface area contributed by atoms with Gasteiger partial charge >= 0.3 is 0 Å². The van der Waals surface area contributed by atoms with Gasteiger partial charge in [-0.25, -0.2) is 8.78 Å². The second-order valence-corrected chi connectivity index (χ2v) is 7.06. The third-order valence-corrected chi connectivity index (χ3v) is 4.98. The summed E-state index contributed by atoms with van der Waals surface area (Å²) in [7, 11) is 1.77. The van der Waals surface area contributed by atoms with E-state index >= 15 is 0 Å².